The molecule has 1 saturated heterocycles. The molecule has 0 atom stereocenters. The number of aromatic nitrogens is 1. The number of amides is 2. The Hall–Kier alpha value is -3.51. The predicted molar refractivity (Wildman–Crippen MR) is 132 cm³/mol. The first-order valence-corrected chi connectivity index (χ1v) is 10.8. The first kappa shape index (κ1) is 21.7. The Bertz CT molecular complexity index is 1280. The van der Waals surface area contributed by atoms with Gasteiger partial charge in [-0.2, -0.15) is 0 Å². The van der Waals surface area contributed by atoms with Crippen molar-refractivity contribution in [1.29, 1.82) is 0 Å². The van der Waals surface area contributed by atoms with E-state index in [0.29, 0.717) is 5.69 Å². The van der Waals surface area contributed by atoms with Crippen molar-refractivity contribution in [1.82, 2.24) is 9.88 Å². The van der Waals surface area contributed by atoms with E-state index in [1.165, 1.54) is 10.5 Å². The van der Waals surface area contributed by atoms with E-state index >= 15 is 0 Å². The SMILES string of the molecule is Cc1ccc(-n2c(C)cc(/C=C3\C(=O)NC(=S)N(c4cc(C)cc(C)c4)C3=O)c2C)cc1. The highest BCUT2D eigenvalue weighted by Crippen LogP contribution is 2.27. The quantitative estimate of drug-likeness (QED) is 0.358. The van der Waals surface area contributed by atoms with E-state index in [-0.39, 0.29) is 10.7 Å². The summed E-state index contributed by atoms with van der Waals surface area (Å²) < 4.78 is 2.11. The average molecular weight is 444 g/mol. The lowest BCUT2D eigenvalue weighted by molar-refractivity contribution is -0.122. The minimum Gasteiger partial charge on any atom is -0.318 e. The largest absolute Gasteiger partial charge is 0.318 e. The van der Waals surface area contributed by atoms with Crippen LogP contribution in [0.5, 0.6) is 0 Å². The molecule has 4 rings (SSSR count). The molecule has 6 heteroatoms. The van der Waals surface area contributed by atoms with E-state index in [1.54, 1.807) is 6.08 Å². The minimum atomic E-state index is -0.485. The smallest absolute Gasteiger partial charge is 0.270 e. The van der Waals surface area contributed by atoms with Crippen molar-refractivity contribution < 1.29 is 9.59 Å². The highest BCUT2D eigenvalue weighted by atomic mass is 32.1. The predicted octanol–water partition coefficient (Wildman–Crippen LogP) is 4.85. The molecule has 1 aliphatic heterocycles. The molecule has 2 aromatic carbocycles. The number of nitrogens with one attached hydrogen (secondary N) is 1. The first-order valence-electron chi connectivity index (χ1n) is 10.4. The molecule has 162 valence electrons. The van der Waals surface area contributed by atoms with Crippen LogP contribution in [0.4, 0.5) is 5.69 Å². The molecule has 1 aliphatic rings. The van der Waals surface area contributed by atoms with E-state index in [1.807, 2.05) is 58.9 Å². The zero-order valence-corrected chi connectivity index (χ0v) is 19.6. The Kier molecular flexibility index (Phi) is 5.57. The van der Waals surface area contributed by atoms with Crippen LogP contribution in [0, 0.1) is 34.6 Å². The molecule has 0 bridgehead atoms. The number of carbonyl (C=O) groups excluding carboxylic acids is 2. The molecular weight excluding hydrogens is 418 g/mol. The highest BCUT2D eigenvalue weighted by molar-refractivity contribution is 7.80. The second-order valence-corrected chi connectivity index (χ2v) is 8.69. The number of benzene rings is 2. The maximum atomic E-state index is 13.4. The number of hydrogen-bond donors (Lipinski definition) is 1. The maximum Gasteiger partial charge on any atom is 0.270 e. The van der Waals surface area contributed by atoms with Crippen LogP contribution >= 0.6 is 12.2 Å². The van der Waals surface area contributed by atoms with Gasteiger partial charge in [0.05, 0.1) is 5.69 Å². The summed E-state index contributed by atoms with van der Waals surface area (Å²) in [6.45, 7) is 9.96. The lowest BCUT2D eigenvalue weighted by atomic mass is 10.1. The van der Waals surface area contributed by atoms with Gasteiger partial charge in [-0.3, -0.25) is 19.8 Å². The lowest BCUT2D eigenvalue weighted by Crippen LogP contribution is -2.54. The first-order chi connectivity index (χ1) is 15.2. The van der Waals surface area contributed by atoms with Gasteiger partial charge in [0.2, 0.25) is 0 Å². The number of rotatable bonds is 3. The Morgan fingerprint density at radius 2 is 1.44 bits per heavy atom. The van der Waals surface area contributed by atoms with Crippen LogP contribution < -0.4 is 10.2 Å². The number of anilines is 1. The molecule has 0 aliphatic carbocycles. The third-order valence-corrected chi connectivity index (χ3v) is 5.91. The van der Waals surface area contributed by atoms with E-state index in [0.717, 1.165) is 33.8 Å². The lowest BCUT2D eigenvalue weighted by Gasteiger charge is -2.29. The van der Waals surface area contributed by atoms with Gasteiger partial charge in [-0.05, 0) is 99.9 Å². The summed E-state index contributed by atoms with van der Waals surface area (Å²) in [6.07, 6.45) is 1.65. The summed E-state index contributed by atoms with van der Waals surface area (Å²) in [6, 6.07) is 16.0. The van der Waals surface area contributed by atoms with Gasteiger partial charge in [-0.25, -0.2) is 0 Å². The van der Waals surface area contributed by atoms with Crippen molar-refractivity contribution in [2.24, 2.45) is 0 Å². The molecule has 1 aromatic heterocycles. The van der Waals surface area contributed by atoms with Gasteiger partial charge >= 0.3 is 0 Å². The van der Waals surface area contributed by atoms with Crippen molar-refractivity contribution >= 4 is 40.9 Å². The molecule has 5 nitrogen and oxygen atoms in total. The maximum absolute atomic E-state index is 13.4. The van der Waals surface area contributed by atoms with Gasteiger partial charge < -0.3 is 4.57 Å². The summed E-state index contributed by atoms with van der Waals surface area (Å²) in [5, 5.41) is 2.76. The van der Waals surface area contributed by atoms with Crippen LogP contribution in [0.1, 0.15) is 33.6 Å². The van der Waals surface area contributed by atoms with E-state index in [4.69, 9.17) is 12.2 Å². The van der Waals surface area contributed by atoms with Crippen molar-refractivity contribution in [3.05, 3.63) is 87.7 Å². The molecule has 1 N–H and O–H groups in total. The topological polar surface area (TPSA) is 54.3 Å². The molecular formula is C26H25N3O2S. The zero-order chi connectivity index (χ0) is 23.2. The van der Waals surface area contributed by atoms with Crippen LogP contribution in [0.3, 0.4) is 0 Å². The standard InChI is InChI=1S/C26H25N3O2S/c1-15-6-8-21(9-7-15)28-18(4)13-20(19(28)5)14-23-24(30)27-26(32)29(25(23)31)22-11-16(2)10-17(3)12-22/h6-14H,1-5H3,(H,27,30,32)/b23-14+. The fourth-order valence-electron chi connectivity index (χ4n) is 4.15. The molecule has 3 aromatic rings. The van der Waals surface area contributed by atoms with E-state index in [9.17, 15) is 9.59 Å². The normalized spacial score (nSPS) is 15.5. The van der Waals surface area contributed by atoms with Crippen LogP contribution in [-0.4, -0.2) is 21.5 Å². The van der Waals surface area contributed by atoms with Crippen LogP contribution in [0.15, 0.2) is 54.1 Å². The molecule has 0 radical (unpaired) electrons. The van der Waals surface area contributed by atoms with Crippen LogP contribution in [-0.2, 0) is 9.59 Å². The molecule has 2 heterocycles. The third-order valence-electron chi connectivity index (χ3n) is 5.63. The number of hydrogen-bond acceptors (Lipinski definition) is 3. The van der Waals surface area contributed by atoms with Crippen molar-refractivity contribution in [2.45, 2.75) is 34.6 Å². The molecule has 0 unspecified atom stereocenters. The Morgan fingerprint density at radius 1 is 0.812 bits per heavy atom. The molecule has 0 saturated carbocycles. The average Bonchev–Trinajstić information content (AvgIpc) is 2.98. The van der Waals surface area contributed by atoms with Gasteiger partial charge in [0.1, 0.15) is 5.57 Å². The number of aryl methyl sites for hydroxylation is 4. The van der Waals surface area contributed by atoms with Gasteiger partial charge in [0, 0.05) is 17.1 Å². The van der Waals surface area contributed by atoms with E-state index < -0.39 is 11.8 Å². The molecule has 1 fully saturated rings. The second kappa shape index (κ2) is 8.20. The van der Waals surface area contributed by atoms with Gasteiger partial charge in [-0.15, -0.1) is 0 Å². The minimum absolute atomic E-state index is 0.0573. The van der Waals surface area contributed by atoms with Crippen molar-refractivity contribution in [3.63, 3.8) is 0 Å². The number of nitrogens with zero attached hydrogens (tertiary/aromatic N) is 2. The highest BCUT2D eigenvalue weighted by Gasteiger charge is 2.35. The summed E-state index contributed by atoms with van der Waals surface area (Å²) in [7, 11) is 0. The zero-order valence-electron chi connectivity index (χ0n) is 18.8. The van der Waals surface area contributed by atoms with Crippen molar-refractivity contribution in [3.8, 4) is 5.69 Å². The third kappa shape index (κ3) is 3.89. The van der Waals surface area contributed by atoms with Crippen LogP contribution in [0.2, 0.25) is 0 Å². The Labute approximate surface area is 193 Å². The molecule has 32 heavy (non-hydrogen) atoms. The van der Waals surface area contributed by atoms with Gasteiger partial charge in [-0.1, -0.05) is 23.8 Å². The summed E-state index contributed by atoms with van der Waals surface area (Å²) >= 11 is 5.33. The summed E-state index contributed by atoms with van der Waals surface area (Å²) in [5.41, 5.74) is 7.73. The fourth-order valence-corrected chi connectivity index (χ4v) is 4.43. The number of carbonyl (C=O) groups is 2. The monoisotopic (exact) mass is 443 g/mol. The number of thiocarbonyl (C=S) groups is 1. The second-order valence-electron chi connectivity index (χ2n) is 8.30. The Morgan fingerprint density at radius 3 is 2.06 bits per heavy atom. The van der Waals surface area contributed by atoms with Crippen LogP contribution in [0.25, 0.3) is 11.8 Å². The molecule has 2 amide bonds. The fraction of sp³-hybridized carbons (Fsp3) is 0.192. The summed E-state index contributed by atoms with van der Waals surface area (Å²) in [4.78, 5) is 27.5. The van der Waals surface area contributed by atoms with Gasteiger partial charge in [0.25, 0.3) is 11.8 Å². The van der Waals surface area contributed by atoms with Crippen molar-refractivity contribution in [2.75, 3.05) is 4.90 Å². The molecule has 0 spiro atoms. The Balaban J connectivity index is 1.77. The van der Waals surface area contributed by atoms with E-state index in [2.05, 4.69) is 34.1 Å². The summed E-state index contributed by atoms with van der Waals surface area (Å²) in [5.74, 6) is -0.912. The van der Waals surface area contributed by atoms with Gasteiger partial charge in [0.15, 0.2) is 5.11 Å².